The molecule has 0 N–H and O–H groups in total. The third kappa shape index (κ3) is 4.39. The molecule has 9 heteroatoms. The van der Waals surface area contributed by atoms with Crippen molar-refractivity contribution in [3.8, 4) is 0 Å². The molecule has 1 saturated heterocycles. The van der Waals surface area contributed by atoms with E-state index in [0.717, 1.165) is 29.5 Å². The van der Waals surface area contributed by atoms with Gasteiger partial charge in [-0.05, 0) is 49.2 Å². The fourth-order valence-electron chi connectivity index (χ4n) is 3.65. The number of thiazole rings is 1. The van der Waals surface area contributed by atoms with Gasteiger partial charge in [-0.15, -0.1) is 6.58 Å². The van der Waals surface area contributed by atoms with Gasteiger partial charge in [0, 0.05) is 25.2 Å². The van der Waals surface area contributed by atoms with E-state index in [2.05, 4.69) is 11.6 Å². The third-order valence-electron chi connectivity index (χ3n) is 5.21. The average Bonchev–Trinajstić information content (AvgIpc) is 3.13. The fraction of sp³-hybridized carbons (Fsp3) is 0.273. The van der Waals surface area contributed by atoms with E-state index in [1.54, 1.807) is 12.1 Å². The van der Waals surface area contributed by atoms with Crippen molar-refractivity contribution in [1.82, 2.24) is 8.87 Å². The van der Waals surface area contributed by atoms with E-state index in [4.69, 9.17) is 11.6 Å². The largest absolute Gasteiger partial charge is 0.311 e. The lowest BCUT2D eigenvalue weighted by molar-refractivity contribution is 0.0997. The highest BCUT2D eigenvalue weighted by atomic mass is 35.5. The number of carbonyl (C=O) groups excluding carboxylic acids is 1. The first-order valence-corrected chi connectivity index (χ1v) is 12.6. The van der Waals surface area contributed by atoms with Crippen LogP contribution in [0, 0.1) is 0 Å². The van der Waals surface area contributed by atoms with Gasteiger partial charge in [0.25, 0.3) is 5.91 Å². The van der Waals surface area contributed by atoms with Gasteiger partial charge >= 0.3 is 0 Å². The molecule has 0 radical (unpaired) electrons. The zero-order valence-electron chi connectivity index (χ0n) is 16.8. The molecule has 6 nitrogen and oxygen atoms in total. The summed E-state index contributed by atoms with van der Waals surface area (Å²) in [5.41, 5.74) is 1.13. The Labute approximate surface area is 190 Å². The van der Waals surface area contributed by atoms with Crippen molar-refractivity contribution < 1.29 is 13.2 Å². The van der Waals surface area contributed by atoms with E-state index >= 15 is 0 Å². The normalized spacial score (nSPS) is 16.0. The summed E-state index contributed by atoms with van der Waals surface area (Å²) in [5.74, 6) is -0.442. The lowest BCUT2D eigenvalue weighted by atomic mass is 10.2. The van der Waals surface area contributed by atoms with Gasteiger partial charge < -0.3 is 4.57 Å². The van der Waals surface area contributed by atoms with Gasteiger partial charge in [-0.1, -0.05) is 41.5 Å². The number of sulfonamides is 1. The number of piperidine rings is 1. The number of fused-ring (bicyclic) bond motifs is 1. The first-order chi connectivity index (χ1) is 14.9. The summed E-state index contributed by atoms with van der Waals surface area (Å²) >= 11 is 7.72. The SMILES string of the molecule is C=CCn1c(=NC(=O)c2ccc(S(=O)(=O)N3CCCCC3)cc2)sc2cccc(Cl)c21. The highest BCUT2D eigenvalue weighted by molar-refractivity contribution is 7.89. The third-order valence-corrected chi connectivity index (χ3v) is 8.48. The van der Waals surface area contributed by atoms with Gasteiger partial charge in [0.2, 0.25) is 10.0 Å². The van der Waals surface area contributed by atoms with Crippen LogP contribution >= 0.6 is 22.9 Å². The number of allylic oxidation sites excluding steroid dienone is 1. The second-order valence-electron chi connectivity index (χ2n) is 7.28. The second-order valence-corrected chi connectivity index (χ2v) is 10.6. The Kier molecular flexibility index (Phi) is 6.43. The maximum Gasteiger partial charge on any atom is 0.279 e. The number of hydrogen-bond donors (Lipinski definition) is 0. The van der Waals surface area contributed by atoms with E-state index in [1.807, 2.05) is 16.7 Å². The maximum absolute atomic E-state index is 12.8. The molecule has 0 aliphatic carbocycles. The van der Waals surface area contributed by atoms with Gasteiger partial charge in [0.05, 0.1) is 20.1 Å². The van der Waals surface area contributed by atoms with Crippen LogP contribution in [0.4, 0.5) is 0 Å². The molecule has 0 spiro atoms. The Morgan fingerprint density at radius 2 is 1.84 bits per heavy atom. The lowest BCUT2D eigenvalue weighted by Crippen LogP contribution is -2.35. The van der Waals surface area contributed by atoms with Crippen LogP contribution in [0.15, 0.2) is 65.0 Å². The van der Waals surface area contributed by atoms with Crippen molar-refractivity contribution in [2.24, 2.45) is 4.99 Å². The summed E-state index contributed by atoms with van der Waals surface area (Å²) in [5, 5.41) is 0.580. The van der Waals surface area contributed by atoms with Crippen molar-refractivity contribution in [2.75, 3.05) is 13.1 Å². The molecule has 1 fully saturated rings. The smallest absolute Gasteiger partial charge is 0.279 e. The number of carbonyl (C=O) groups is 1. The molecule has 4 rings (SSSR count). The molecule has 0 bridgehead atoms. The second kappa shape index (κ2) is 9.08. The summed E-state index contributed by atoms with van der Waals surface area (Å²) in [6, 6.07) is 11.6. The molecule has 0 unspecified atom stereocenters. The number of aromatic nitrogens is 1. The Bertz CT molecular complexity index is 1300. The minimum Gasteiger partial charge on any atom is -0.311 e. The Morgan fingerprint density at radius 1 is 1.13 bits per heavy atom. The van der Waals surface area contributed by atoms with E-state index in [9.17, 15) is 13.2 Å². The fourth-order valence-corrected chi connectivity index (χ4v) is 6.56. The number of rotatable bonds is 5. The van der Waals surface area contributed by atoms with E-state index < -0.39 is 15.9 Å². The predicted octanol–water partition coefficient (Wildman–Crippen LogP) is 4.46. The Morgan fingerprint density at radius 3 is 2.52 bits per heavy atom. The van der Waals surface area contributed by atoms with E-state index in [-0.39, 0.29) is 4.90 Å². The van der Waals surface area contributed by atoms with Crippen LogP contribution in [0.25, 0.3) is 10.2 Å². The average molecular weight is 476 g/mol. The van der Waals surface area contributed by atoms with Crippen molar-refractivity contribution >= 4 is 49.1 Å². The summed E-state index contributed by atoms with van der Waals surface area (Å²) in [6.07, 6.45) is 4.52. The van der Waals surface area contributed by atoms with Gasteiger partial charge in [0.15, 0.2) is 4.80 Å². The highest BCUT2D eigenvalue weighted by Gasteiger charge is 2.26. The Hall–Kier alpha value is -2.26. The molecule has 3 aromatic rings. The summed E-state index contributed by atoms with van der Waals surface area (Å²) in [4.78, 5) is 17.8. The summed E-state index contributed by atoms with van der Waals surface area (Å²) < 4.78 is 29.9. The zero-order valence-corrected chi connectivity index (χ0v) is 19.2. The molecule has 1 aromatic heterocycles. The summed E-state index contributed by atoms with van der Waals surface area (Å²) in [7, 11) is -3.54. The Balaban J connectivity index is 1.66. The molecule has 2 heterocycles. The maximum atomic E-state index is 12.8. The molecular weight excluding hydrogens is 454 g/mol. The van der Waals surface area contributed by atoms with Crippen LogP contribution in [0.2, 0.25) is 5.02 Å². The quantitative estimate of drug-likeness (QED) is 0.511. The zero-order chi connectivity index (χ0) is 22.0. The first kappa shape index (κ1) is 22.0. The first-order valence-electron chi connectivity index (χ1n) is 10.00. The van der Waals surface area contributed by atoms with Gasteiger partial charge in [-0.25, -0.2) is 8.42 Å². The number of nitrogens with zero attached hydrogens (tertiary/aromatic N) is 3. The molecule has 31 heavy (non-hydrogen) atoms. The van der Waals surface area contributed by atoms with Crippen molar-refractivity contribution in [3.05, 3.63) is 70.5 Å². The molecule has 1 amide bonds. The number of halogens is 1. The van der Waals surface area contributed by atoms with Crippen LogP contribution < -0.4 is 4.80 Å². The summed E-state index contributed by atoms with van der Waals surface area (Å²) in [6.45, 7) is 5.31. The molecule has 0 atom stereocenters. The van der Waals surface area contributed by atoms with Crippen LogP contribution in [-0.4, -0.2) is 36.3 Å². The van der Waals surface area contributed by atoms with Crippen molar-refractivity contribution in [2.45, 2.75) is 30.7 Å². The molecule has 0 saturated carbocycles. The number of amides is 1. The van der Waals surface area contributed by atoms with Crippen LogP contribution in [0.3, 0.4) is 0 Å². The van der Waals surface area contributed by atoms with E-state index in [0.29, 0.717) is 35.0 Å². The minimum absolute atomic E-state index is 0.196. The topological polar surface area (TPSA) is 71.7 Å². The number of hydrogen-bond acceptors (Lipinski definition) is 4. The standard InChI is InChI=1S/C22H22ClN3O3S2/c1-2-13-26-20-18(23)7-6-8-19(20)30-22(26)24-21(27)16-9-11-17(12-10-16)31(28,29)25-14-4-3-5-15-25/h2,6-12H,1,3-5,13-15H2. The van der Waals surface area contributed by atoms with Gasteiger partial charge in [-0.3, -0.25) is 4.79 Å². The van der Waals surface area contributed by atoms with Crippen LogP contribution in [0.5, 0.6) is 0 Å². The lowest BCUT2D eigenvalue weighted by Gasteiger charge is -2.25. The van der Waals surface area contributed by atoms with Crippen LogP contribution in [-0.2, 0) is 16.6 Å². The highest BCUT2D eigenvalue weighted by Crippen LogP contribution is 2.25. The number of benzene rings is 2. The number of para-hydroxylation sites is 1. The van der Waals surface area contributed by atoms with Crippen LogP contribution in [0.1, 0.15) is 29.6 Å². The molecule has 2 aromatic carbocycles. The molecule has 1 aliphatic rings. The molecular formula is C22H22ClN3O3S2. The van der Waals surface area contributed by atoms with Crippen molar-refractivity contribution in [1.29, 1.82) is 0 Å². The van der Waals surface area contributed by atoms with Gasteiger partial charge in [0.1, 0.15) is 0 Å². The molecule has 162 valence electrons. The predicted molar refractivity (Wildman–Crippen MR) is 124 cm³/mol. The van der Waals surface area contributed by atoms with Crippen molar-refractivity contribution in [3.63, 3.8) is 0 Å². The molecule has 1 aliphatic heterocycles. The van der Waals surface area contributed by atoms with E-state index in [1.165, 1.54) is 39.9 Å². The minimum atomic E-state index is -3.54. The van der Waals surface area contributed by atoms with Gasteiger partial charge in [-0.2, -0.15) is 9.30 Å². The monoisotopic (exact) mass is 475 g/mol.